The van der Waals surface area contributed by atoms with Crippen LogP contribution in [0.15, 0.2) is 0 Å². The van der Waals surface area contributed by atoms with Gasteiger partial charge in [-0.2, -0.15) is 6.42 Å². The van der Waals surface area contributed by atoms with Crippen molar-refractivity contribution in [1.82, 2.24) is 15.1 Å². The monoisotopic (exact) mass is 1090 g/mol. The molecule has 0 saturated heterocycles. The first-order valence-electron chi connectivity index (χ1n) is 28.4. The van der Waals surface area contributed by atoms with Crippen LogP contribution in [0.1, 0.15) is 279 Å². The molecule has 0 aliphatic rings. The number of aliphatic hydroxyl groups excluding tert-OH is 2. The maximum atomic E-state index is 12.9. The summed E-state index contributed by atoms with van der Waals surface area (Å²) in [6.45, 7) is 18.1. The van der Waals surface area contributed by atoms with Crippen molar-refractivity contribution in [3.05, 3.63) is 6.92 Å². The van der Waals surface area contributed by atoms with E-state index < -0.39 is 6.10 Å². The van der Waals surface area contributed by atoms with Crippen LogP contribution in [-0.4, -0.2) is 84.8 Å². The fourth-order valence-corrected chi connectivity index (χ4v) is 9.25. The Hall–Kier alpha value is -0.492. The van der Waals surface area contributed by atoms with Crippen LogP contribution in [0.25, 0.3) is 0 Å². The van der Waals surface area contributed by atoms with Crippen molar-refractivity contribution in [2.75, 3.05) is 46.9 Å². The molecule has 0 radical (unpaired) electrons. The molecule has 0 aliphatic carbocycles. The number of amides is 2. The average Bonchev–Trinajstić information content (AvgIpc) is 3.27. The number of carbonyl (C=O) groups is 2. The molecule has 65 heavy (non-hydrogen) atoms. The van der Waals surface area contributed by atoms with E-state index in [2.05, 4.69) is 46.9 Å². The molecule has 0 bridgehead atoms. The minimum absolute atomic E-state index is 0. The van der Waals surface area contributed by atoms with Crippen LogP contribution in [0.2, 0.25) is 0 Å². The predicted octanol–water partition coefficient (Wildman–Crippen LogP) is 16.1. The van der Waals surface area contributed by atoms with Gasteiger partial charge in [0.1, 0.15) is 5.78 Å². The number of unbranched alkanes of at least 4 members (excludes halogenated alkanes) is 21. The minimum atomic E-state index is -0.442. The standard InChI is InChI=1S/C41H83N3O4.C16H33.W/c1-6-8-10-18-27-38(28-19-11-9-7-2)29-22-21-26-37(3)40(47)30-20-14-12-15-23-33-44(34-24-16-13-17-25-35-45)41(48)42-32-31-39(46)36-43(4)5;1-4-7-9-11-14-16(13-6-3)15-12-10-8-5-2;/h37-39,45-46H,6-36H2,1-5H3,(H,42,48);16H,3-15H2,1-2H3;/q;-1;. The molecule has 390 valence electrons. The maximum Gasteiger partial charge on any atom is 0.317 e. The molecule has 2 unspecified atom stereocenters. The minimum Gasteiger partial charge on any atom is -0.396 e. The van der Waals surface area contributed by atoms with Gasteiger partial charge in [0.2, 0.25) is 0 Å². The summed E-state index contributed by atoms with van der Waals surface area (Å²) in [5.74, 6) is 2.51. The van der Waals surface area contributed by atoms with E-state index in [4.69, 9.17) is 5.11 Å². The van der Waals surface area contributed by atoms with Crippen molar-refractivity contribution in [2.24, 2.45) is 17.8 Å². The van der Waals surface area contributed by atoms with Gasteiger partial charge in [0.05, 0.1) is 6.10 Å². The first-order valence-corrected chi connectivity index (χ1v) is 28.4. The molecular weight excluding hydrogens is 974 g/mol. The van der Waals surface area contributed by atoms with Gasteiger partial charge >= 0.3 is 6.03 Å². The topological polar surface area (TPSA) is 93.1 Å². The van der Waals surface area contributed by atoms with Gasteiger partial charge in [0, 0.05) is 66.2 Å². The second-order valence-electron chi connectivity index (χ2n) is 20.4. The number of hydrogen-bond donors (Lipinski definition) is 3. The third kappa shape index (κ3) is 49.7. The quantitative estimate of drug-likeness (QED) is 0.0417. The maximum absolute atomic E-state index is 12.9. The van der Waals surface area contributed by atoms with E-state index in [0.29, 0.717) is 31.7 Å². The molecule has 3 N–H and O–H groups in total. The van der Waals surface area contributed by atoms with Gasteiger partial charge < -0.3 is 32.3 Å². The van der Waals surface area contributed by atoms with Gasteiger partial charge in [0.25, 0.3) is 0 Å². The third-order valence-corrected chi connectivity index (χ3v) is 13.6. The Labute approximate surface area is 422 Å². The van der Waals surface area contributed by atoms with Crippen molar-refractivity contribution in [1.29, 1.82) is 0 Å². The van der Waals surface area contributed by atoms with E-state index in [1.807, 2.05) is 23.9 Å². The van der Waals surface area contributed by atoms with Gasteiger partial charge in [-0.1, -0.05) is 227 Å². The summed E-state index contributed by atoms with van der Waals surface area (Å²) in [6, 6.07) is -0.0311. The van der Waals surface area contributed by atoms with E-state index in [1.54, 1.807) is 0 Å². The normalized spacial score (nSPS) is 12.3. The van der Waals surface area contributed by atoms with Gasteiger partial charge in [-0.05, 0) is 64.5 Å². The first-order chi connectivity index (χ1) is 31.1. The summed E-state index contributed by atoms with van der Waals surface area (Å²) in [7, 11) is 3.87. The fraction of sp³-hybridized carbons (Fsp3) is 0.947. The van der Waals surface area contributed by atoms with Gasteiger partial charge in [0.15, 0.2) is 0 Å². The molecule has 0 aliphatic heterocycles. The zero-order chi connectivity index (χ0) is 47.7. The van der Waals surface area contributed by atoms with Crippen LogP contribution < -0.4 is 5.32 Å². The zero-order valence-electron chi connectivity index (χ0n) is 44.9. The molecule has 2 amide bonds. The molecular formula is C57H116N3O4W-. The van der Waals surface area contributed by atoms with Crippen molar-refractivity contribution >= 4 is 11.8 Å². The molecule has 0 aromatic rings. The SMILES string of the molecule is CCCCCCC(CCCCCC)CCCCC(C)C(=O)CCCCCCCN(CCCCCCCO)C(=O)NCCC(O)CN(C)C.[CH2-]CCC(CCCCCC)CCCCCC.[W]. The molecule has 0 aromatic heterocycles. The van der Waals surface area contributed by atoms with E-state index in [-0.39, 0.29) is 39.6 Å². The van der Waals surface area contributed by atoms with Crippen molar-refractivity contribution in [3.8, 4) is 0 Å². The molecule has 8 heteroatoms. The van der Waals surface area contributed by atoms with Crippen LogP contribution in [0.4, 0.5) is 4.79 Å². The fourth-order valence-electron chi connectivity index (χ4n) is 9.25. The Morgan fingerprint density at radius 3 is 1.34 bits per heavy atom. The molecule has 0 saturated carbocycles. The second kappa shape index (κ2) is 54.4. The Morgan fingerprint density at radius 1 is 0.523 bits per heavy atom. The number of hydrogen-bond acceptors (Lipinski definition) is 5. The van der Waals surface area contributed by atoms with Crippen LogP contribution in [0.3, 0.4) is 0 Å². The molecule has 0 rings (SSSR count). The van der Waals surface area contributed by atoms with Gasteiger partial charge in [-0.3, -0.25) is 4.79 Å². The van der Waals surface area contributed by atoms with E-state index in [0.717, 1.165) is 102 Å². The van der Waals surface area contributed by atoms with E-state index >= 15 is 0 Å². The molecule has 7 nitrogen and oxygen atoms in total. The summed E-state index contributed by atoms with van der Waals surface area (Å²) in [5.41, 5.74) is 0. The number of nitrogens with zero attached hydrogens (tertiary/aromatic N) is 2. The van der Waals surface area contributed by atoms with Crippen LogP contribution in [-0.2, 0) is 25.9 Å². The molecule has 0 aromatic carbocycles. The van der Waals surface area contributed by atoms with E-state index in [1.165, 1.54) is 154 Å². The summed E-state index contributed by atoms with van der Waals surface area (Å²) < 4.78 is 0. The van der Waals surface area contributed by atoms with Crippen molar-refractivity contribution in [2.45, 2.75) is 285 Å². The smallest absolute Gasteiger partial charge is 0.317 e. The first kappa shape index (κ1) is 68.8. The van der Waals surface area contributed by atoms with Crippen LogP contribution in [0.5, 0.6) is 0 Å². The average molecular weight is 1090 g/mol. The number of aliphatic hydroxyl groups is 2. The van der Waals surface area contributed by atoms with Gasteiger partial charge in [-0.25, -0.2) is 4.79 Å². The Morgan fingerprint density at radius 2 is 0.908 bits per heavy atom. The number of urea groups is 1. The Bertz CT molecular complexity index is 931. The summed E-state index contributed by atoms with van der Waals surface area (Å²) >= 11 is 0. The number of ketones is 1. The number of Topliss-reactive ketones (excluding diaryl/α,β-unsaturated/α-hetero) is 1. The zero-order valence-corrected chi connectivity index (χ0v) is 47.9. The molecule has 0 fully saturated rings. The Kier molecular flexibility index (Phi) is 57.6. The largest absolute Gasteiger partial charge is 0.396 e. The molecule has 2 atom stereocenters. The van der Waals surface area contributed by atoms with E-state index in [9.17, 15) is 14.7 Å². The number of likely N-dealkylation sites (N-methyl/N-ethyl adjacent to an activating group) is 1. The Balaban J connectivity index is -0.00000190. The van der Waals surface area contributed by atoms with Crippen LogP contribution in [0, 0.1) is 24.7 Å². The second-order valence-corrected chi connectivity index (χ2v) is 20.4. The van der Waals surface area contributed by atoms with Gasteiger partial charge in [-0.15, -0.1) is 0 Å². The summed E-state index contributed by atoms with van der Waals surface area (Å²) in [4.78, 5) is 29.6. The number of carbonyl (C=O) groups excluding carboxylic acids is 2. The third-order valence-electron chi connectivity index (χ3n) is 13.6. The summed E-state index contributed by atoms with van der Waals surface area (Å²) in [5, 5.41) is 22.1. The van der Waals surface area contributed by atoms with Crippen molar-refractivity contribution < 1.29 is 40.9 Å². The molecule has 0 heterocycles. The predicted molar refractivity (Wildman–Crippen MR) is 281 cm³/mol. The number of rotatable bonds is 48. The van der Waals surface area contributed by atoms with Crippen molar-refractivity contribution in [3.63, 3.8) is 0 Å². The summed E-state index contributed by atoms with van der Waals surface area (Å²) in [6.07, 6.45) is 46.4. The molecule has 0 spiro atoms. The van der Waals surface area contributed by atoms with Crippen LogP contribution >= 0.6 is 0 Å². The number of nitrogens with one attached hydrogen (secondary N) is 1.